The topological polar surface area (TPSA) is 21.3 Å². The van der Waals surface area contributed by atoms with E-state index in [1.54, 1.807) is 0 Å². The van der Waals surface area contributed by atoms with Gasteiger partial charge in [-0.25, -0.2) is 0 Å². The lowest BCUT2D eigenvalue weighted by Crippen LogP contribution is -2.47. The SMILES string of the molecule is CCNC(C1CCOC1)C(C)(C)CC. The zero-order valence-corrected chi connectivity index (χ0v) is 10.1. The molecule has 0 aromatic heterocycles. The standard InChI is InChI=1S/C12H25NO/c1-5-12(3,4)11(13-6-2)10-7-8-14-9-10/h10-11,13H,5-9H2,1-4H3. The Kier molecular flexibility index (Phi) is 4.39. The van der Waals surface area contributed by atoms with Crippen LogP contribution < -0.4 is 5.32 Å². The van der Waals surface area contributed by atoms with Crippen LogP contribution in [0, 0.1) is 11.3 Å². The van der Waals surface area contributed by atoms with E-state index >= 15 is 0 Å². The third-order valence-corrected chi connectivity index (χ3v) is 3.61. The molecular formula is C12H25NO. The van der Waals surface area contributed by atoms with Gasteiger partial charge in [0.2, 0.25) is 0 Å². The Labute approximate surface area is 88.4 Å². The molecule has 1 saturated heterocycles. The van der Waals surface area contributed by atoms with Crippen LogP contribution in [0.15, 0.2) is 0 Å². The molecular weight excluding hydrogens is 174 g/mol. The van der Waals surface area contributed by atoms with Crippen LogP contribution >= 0.6 is 0 Å². The van der Waals surface area contributed by atoms with Gasteiger partial charge in [-0.05, 0) is 24.8 Å². The van der Waals surface area contributed by atoms with Crippen molar-refractivity contribution in [1.82, 2.24) is 5.32 Å². The Morgan fingerprint density at radius 3 is 2.57 bits per heavy atom. The van der Waals surface area contributed by atoms with E-state index in [0.29, 0.717) is 17.4 Å². The molecule has 0 amide bonds. The number of hydrogen-bond acceptors (Lipinski definition) is 2. The summed E-state index contributed by atoms with van der Waals surface area (Å²) in [7, 11) is 0. The van der Waals surface area contributed by atoms with Crippen LogP contribution in [-0.2, 0) is 4.74 Å². The molecule has 2 nitrogen and oxygen atoms in total. The van der Waals surface area contributed by atoms with E-state index in [2.05, 4.69) is 33.0 Å². The molecule has 0 spiro atoms. The molecule has 0 bridgehead atoms. The van der Waals surface area contributed by atoms with Gasteiger partial charge in [0.25, 0.3) is 0 Å². The molecule has 14 heavy (non-hydrogen) atoms. The maximum Gasteiger partial charge on any atom is 0.0510 e. The lowest BCUT2D eigenvalue weighted by atomic mass is 9.75. The average molecular weight is 199 g/mol. The highest BCUT2D eigenvalue weighted by atomic mass is 16.5. The van der Waals surface area contributed by atoms with Gasteiger partial charge in [-0.3, -0.25) is 0 Å². The van der Waals surface area contributed by atoms with Gasteiger partial charge in [-0.2, -0.15) is 0 Å². The molecule has 1 aliphatic heterocycles. The van der Waals surface area contributed by atoms with E-state index in [4.69, 9.17) is 4.74 Å². The number of rotatable bonds is 5. The van der Waals surface area contributed by atoms with Crippen molar-refractivity contribution >= 4 is 0 Å². The van der Waals surface area contributed by atoms with E-state index in [9.17, 15) is 0 Å². The van der Waals surface area contributed by atoms with Gasteiger partial charge in [-0.15, -0.1) is 0 Å². The van der Waals surface area contributed by atoms with Crippen LogP contribution in [0.2, 0.25) is 0 Å². The second-order valence-corrected chi connectivity index (χ2v) is 5.00. The van der Waals surface area contributed by atoms with E-state index < -0.39 is 0 Å². The fraction of sp³-hybridized carbons (Fsp3) is 1.00. The Morgan fingerprint density at radius 2 is 2.14 bits per heavy atom. The minimum Gasteiger partial charge on any atom is -0.381 e. The highest BCUT2D eigenvalue weighted by molar-refractivity contribution is 4.89. The van der Waals surface area contributed by atoms with Crippen molar-refractivity contribution in [3.8, 4) is 0 Å². The lowest BCUT2D eigenvalue weighted by molar-refractivity contribution is 0.134. The quantitative estimate of drug-likeness (QED) is 0.734. The van der Waals surface area contributed by atoms with Crippen molar-refractivity contribution < 1.29 is 4.74 Å². The van der Waals surface area contributed by atoms with Gasteiger partial charge >= 0.3 is 0 Å². The van der Waals surface area contributed by atoms with Crippen LogP contribution in [0.5, 0.6) is 0 Å². The van der Waals surface area contributed by atoms with Gasteiger partial charge in [-0.1, -0.05) is 27.7 Å². The fourth-order valence-electron chi connectivity index (χ4n) is 2.34. The summed E-state index contributed by atoms with van der Waals surface area (Å²) in [4.78, 5) is 0. The first kappa shape index (κ1) is 12.0. The van der Waals surface area contributed by atoms with Crippen LogP contribution in [0.3, 0.4) is 0 Å². The molecule has 0 aromatic carbocycles. The van der Waals surface area contributed by atoms with Crippen molar-refractivity contribution in [2.24, 2.45) is 11.3 Å². The predicted octanol–water partition coefficient (Wildman–Crippen LogP) is 2.44. The van der Waals surface area contributed by atoms with Crippen molar-refractivity contribution in [2.45, 2.75) is 46.6 Å². The fourth-order valence-corrected chi connectivity index (χ4v) is 2.34. The molecule has 1 rings (SSSR count). The van der Waals surface area contributed by atoms with Crippen LogP contribution in [-0.4, -0.2) is 25.8 Å². The van der Waals surface area contributed by atoms with Gasteiger partial charge < -0.3 is 10.1 Å². The van der Waals surface area contributed by atoms with Crippen LogP contribution in [0.4, 0.5) is 0 Å². The van der Waals surface area contributed by atoms with Gasteiger partial charge in [0.15, 0.2) is 0 Å². The summed E-state index contributed by atoms with van der Waals surface area (Å²) in [5, 5.41) is 3.64. The van der Waals surface area contributed by atoms with Crippen LogP contribution in [0.1, 0.15) is 40.5 Å². The number of ether oxygens (including phenoxy) is 1. The van der Waals surface area contributed by atoms with E-state index in [1.807, 2.05) is 0 Å². The molecule has 0 aliphatic carbocycles. The first-order valence-corrected chi connectivity index (χ1v) is 5.93. The molecule has 0 aromatic rings. The molecule has 0 saturated carbocycles. The number of nitrogens with one attached hydrogen (secondary N) is 1. The zero-order valence-electron chi connectivity index (χ0n) is 10.1. The maximum absolute atomic E-state index is 5.48. The van der Waals surface area contributed by atoms with Gasteiger partial charge in [0.1, 0.15) is 0 Å². The highest BCUT2D eigenvalue weighted by Gasteiger charge is 2.35. The van der Waals surface area contributed by atoms with E-state index in [-0.39, 0.29) is 0 Å². The van der Waals surface area contributed by atoms with Gasteiger partial charge in [0, 0.05) is 18.6 Å². The van der Waals surface area contributed by atoms with E-state index in [0.717, 1.165) is 19.8 Å². The normalized spacial score (nSPS) is 25.3. The summed E-state index contributed by atoms with van der Waals surface area (Å²) >= 11 is 0. The first-order valence-electron chi connectivity index (χ1n) is 5.93. The molecule has 1 heterocycles. The maximum atomic E-state index is 5.48. The minimum absolute atomic E-state index is 0.383. The predicted molar refractivity (Wildman–Crippen MR) is 60.5 cm³/mol. The average Bonchev–Trinajstić information content (AvgIpc) is 2.66. The van der Waals surface area contributed by atoms with Crippen LogP contribution in [0.25, 0.3) is 0 Å². The monoisotopic (exact) mass is 199 g/mol. The Hall–Kier alpha value is -0.0800. The highest BCUT2D eigenvalue weighted by Crippen LogP contribution is 2.33. The molecule has 2 atom stereocenters. The molecule has 1 aliphatic rings. The summed E-state index contributed by atoms with van der Waals surface area (Å²) < 4.78 is 5.48. The van der Waals surface area contributed by atoms with Gasteiger partial charge in [0.05, 0.1) is 6.61 Å². The second-order valence-electron chi connectivity index (χ2n) is 5.00. The molecule has 2 unspecified atom stereocenters. The summed E-state index contributed by atoms with van der Waals surface area (Å²) in [6, 6.07) is 0.611. The first-order chi connectivity index (χ1) is 6.61. The molecule has 1 N–H and O–H groups in total. The third kappa shape index (κ3) is 2.71. The van der Waals surface area contributed by atoms with Crippen molar-refractivity contribution in [3.05, 3.63) is 0 Å². The molecule has 0 radical (unpaired) electrons. The Bertz CT molecular complexity index is 162. The largest absolute Gasteiger partial charge is 0.381 e. The van der Waals surface area contributed by atoms with Crippen molar-refractivity contribution in [3.63, 3.8) is 0 Å². The molecule has 2 heteroatoms. The van der Waals surface area contributed by atoms with E-state index in [1.165, 1.54) is 12.8 Å². The smallest absolute Gasteiger partial charge is 0.0510 e. The Morgan fingerprint density at radius 1 is 1.43 bits per heavy atom. The summed E-state index contributed by atoms with van der Waals surface area (Å²) in [6.07, 6.45) is 2.45. The minimum atomic E-state index is 0.383. The Balaban J connectivity index is 2.61. The zero-order chi connectivity index (χ0) is 10.6. The molecule has 84 valence electrons. The summed E-state index contributed by atoms with van der Waals surface area (Å²) in [6.45, 7) is 12.1. The lowest BCUT2D eigenvalue weighted by Gasteiger charge is -2.37. The van der Waals surface area contributed by atoms with Crippen molar-refractivity contribution in [1.29, 1.82) is 0 Å². The second kappa shape index (κ2) is 5.13. The summed E-state index contributed by atoms with van der Waals surface area (Å²) in [5.74, 6) is 0.713. The third-order valence-electron chi connectivity index (χ3n) is 3.61. The summed E-state index contributed by atoms with van der Waals surface area (Å²) in [5.41, 5.74) is 0.383. The number of hydrogen-bond donors (Lipinski definition) is 1. The molecule has 1 fully saturated rings. The van der Waals surface area contributed by atoms with Crippen molar-refractivity contribution in [2.75, 3.05) is 19.8 Å².